The van der Waals surface area contributed by atoms with E-state index in [0.717, 1.165) is 23.4 Å². The number of nitrogens with zero attached hydrogens (tertiary/aromatic N) is 5. The third-order valence-electron chi connectivity index (χ3n) is 3.50. The summed E-state index contributed by atoms with van der Waals surface area (Å²) in [5.41, 5.74) is 4.79. The van der Waals surface area contributed by atoms with E-state index < -0.39 is 0 Å². The zero-order valence-electron chi connectivity index (χ0n) is 13.9. The molecule has 1 unspecified atom stereocenters. The van der Waals surface area contributed by atoms with Gasteiger partial charge in [0.1, 0.15) is 0 Å². The Balaban J connectivity index is 1.58. The Bertz CT molecular complexity index is 833. The number of tetrazole rings is 1. The first kappa shape index (κ1) is 17.6. The number of rotatable bonds is 7. The van der Waals surface area contributed by atoms with E-state index in [2.05, 4.69) is 25.8 Å². The van der Waals surface area contributed by atoms with Crippen LogP contribution in [0.2, 0.25) is 0 Å². The second-order valence-corrected chi connectivity index (χ2v) is 7.52. The van der Waals surface area contributed by atoms with Gasteiger partial charge < -0.3 is 5.32 Å². The van der Waals surface area contributed by atoms with Gasteiger partial charge in [-0.15, -0.1) is 16.4 Å². The number of benzene rings is 1. The van der Waals surface area contributed by atoms with Crippen LogP contribution in [0.3, 0.4) is 0 Å². The number of thioether (sulfide) groups is 1. The van der Waals surface area contributed by atoms with Crippen molar-refractivity contribution in [1.29, 1.82) is 0 Å². The van der Waals surface area contributed by atoms with Gasteiger partial charge in [-0.25, -0.2) is 4.98 Å². The van der Waals surface area contributed by atoms with Crippen molar-refractivity contribution >= 4 is 29.0 Å². The molecular formula is C16H18N6OS2. The second kappa shape index (κ2) is 8.21. The lowest BCUT2D eigenvalue weighted by molar-refractivity contribution is -0.120. The highest BCUT2D eigenvalue weighted by Crippen LogP contribution is 2.23. The van der Waals surface area contributed by atoms with Crippen LogP contribution in [-0.2, 0) is 11.2 Å². The maximum absolute atomic E-state index is 12.3. The second-order valence-electron chi connectivity index (χ2n) is 5.49. The van der Waals surface area contributed by atoms with Crippen LogP contribution in [0.4, 0.5) is 0 Å². The highest BCUT2D eigenvalue weighted by atomic mass is 32.2. The molecule has 0 spiro atoms. The fourth-order valence-electron chi connectivity index (χ4n) is 2.20. The Morgan fingerprint density at radius 3 is 3.08 bits per heavy atom. The van der Waals surface area contributed by atoms with E-state index in [0.29, 0.717) is 11.7 Å². The molecule has 1 N–H and O–H groups in total. The van der Waals surface area contributed by atoms with Crippen molar-refractivity contribution in [2.24, 2.45) is 0 Å². The fourth-order valence-corrected chi connectivity index (χ4v) is 3.63. The van der Waals surface area contributed by atoms with Crippen molar-refractivity contribution in [2.75, 3.05) is 6.54 Å². The Kier molecular flexibility index (Phi) is 5.77. The topological polar surface area (TPSA) is 85.6 Å². The van der Waals surface area contributed by atoms with Gasteiger partial charge in [0.2, 0.25) is 11.1 Å². The monoisotopic (exact) mass is 374 g/mol. The first-order valence-corrected chi connectivity index (χ1v) is 9.62. The van der Waals surface area contributed by atoms with Crippen LogP contribution in [0.25, 0.3) is 5.69 Å². The lowest BCUT2D eigenvalue weighted by Crippen LogP contribution is -2.32. The molecule has 0 aliphatic heterocycles. The molecule has 0 radical (unpaired) electrons. The van der Waals surface area contributed by atoms with Gasteiger partial charge in [0.25, 0.3) is 0 Å². The smallest absolute Gasteiger partial charge is 0.233 e. The zero-order chi connectivity index (χ0) is 17.6. The molecule has 25 heavy (non-hydrogen) atoms. The van der Waals surface area contributed by atoms with Crippen molar-refractivity contribution in [2.45, 2.75) is 30.7 Å². The Hall–Kier alpha value is -2.26. The van der Waals surface area contributed by atoms with Crippen molar-refractivity contribution < 1.29 is 4.79 Å². The van der Waals surface area contributed by atoms with Gasteiger partial charge in [0, 0.05) is 18.3 Å². The lowest BCUT2D eigenvalue weighted by Gasteiger charge is -2.11. The summed E-state index contributed by atoms with van der Waals surface area (Å²) < 4.78 is 1.65. The van der Waals surface area contributed by atoms with Gasteiger partial charge in [0.05, 0.1) is 22.1 Å². The van der Waals surface area contributed by atoms with Gasteiger partial charge in [-0.1, -0.05) is 23.9 Å². The van der Waals surface area contributed by atoms with Crippen molar-refractivity contribution in [1.82, 2.24) is 30.5 Å². The molecule has 0 aliphatic rings. The van der Waals surface area contributed by atoms with E-state index >= 15 is 0 Å². The maximum atomic E-state index is 12.3. The van der Waals surface area contributed by atoms with Crippen molar-refractivity contribution in [3.63, 3.8) is 0 Å². The third-order valence-corrected chi connectivity index (χ3v) is 5.17. The van der Waals surface area contributed by atoms with Crippen LogP contribution >= 0.6 is 23.1 Å². The Morgan fingerprint density at radius 2 is 2.32 bits per heavy atom. The minimum atomic E-state index is -0.301. The average molecular weight is 374 g/mol. The van der Waals surface area contributed by atoms with Crippen LogP contribution in [0.1, 0.15) is 18.2 Å². The molecule has 2 heterocycles. The fraction of sp³-hybridized carbons (Fsp3) is 0.312. The molecular weight excluding hydrogens is 356 g/mol. The lowest BCUT2D eigenvalue weighted by atomic mass is 10.2. The standard InChI is InChI=1S/C16H18N6OS2/c1-11-4-3-5-14(8-11)22-16(19-20-21-22)25-12(2)15(23)17-7-6-13-9-24-10-18-13/h3-5,8-10,12H,6-7H2,1-2H3,(H,17,23). The van der Waals surface area contributed by atoms with E-state index in [4.69, 9.17) is 0 Å². The molecule has 3 rings (SSSR count). The highest BCUT2D eigenvalue weighted by Gasteiger charge is 2.19. The molecule has 0 saturated heterocycles. The minimum Gasteiger partial charge on any atom is -0.355 e. The molecule has 9 heteroatoms. The quantitative estimate of drug-likeness (QED) is 0.639. The molecule has 0 saturated carbocycles. The van der Waals surface area contributed by atoms with Crippen LogP contribution < -0.4 is 5.32 Å². The molecule has 2 aromatic heterocycles. The van der Waals surface area contributed by atoms with Crippen LogP contribution in [-0.4, -0.2) is 42.9 Å². The van der Waals surface area contributed by atoms with Gasteiger partial charge in [-0.2, -0.15) is 4.68 Å². The van der Waals surface area contributed by atoms with Crippen LogP contribution in [0.15, 0.2) is 40.3 Å². The molecule has 0 aliphatic carbocycles. The molecule has 1 amide bonds. The molecule has 1 aromatic carbocycles. The number of carbonyl (C=O) groups excluding carboxylic acids is 1. The first-order valence-electron chi connectivity index (χ1n) is 7.80. The number of thiazole rings is 1. The summed E-state index contributed by atoms with van der Waals surface area (Å²) in [4.78, 5) is 16.5. The molecule has 7 nitrogen and oxygen atoms in total. The maximum Gasteiger partial charge on any atom is 0.233 e. The molecule has 3 aromatic rings. The zero-order valence-corrected chi connectivity index (χ0v) is 15.5. The number of nitrogens with one attached hydrogen (secondary N) is 1. The van der Waals surface area contributed by atoms with Gasteiger partial charge in [-0.3, -0.25) is 4.79 Å². The number of carbonyl (C=O) groups is 1. The predicted molar refractivity (Wildman–Crippen MR) is 98.0 cm³/mol. The molecule has 0 bridgehead atoms. The normalized spacial score (nSPS) is 12.1. The number of aromatic nitrogens is 5. The van der Waals surface area contributed by atoms with Crippen LogP contribution in [0.5, 0.6) is 0 Å². The predicted octanol–water partition coefficient (Wildman–Crippen LogP) is 2.27. The van der Waals surface area contributed by atoms with Gasteiger partial charge in [-0.05, 0) is 42.0 Å². The number of hydrogen-bond acceptors (Lipinski definition) is 7. The molecule has 130 valence electrons. The van der Waals surface area contributed by atoms with E-state index in [1.807, 2.05) is 43.5 Å². The summed E-state index contributed by atoms with van der Waals surface area (Å²) in [5, 5.41) is 17.0. The largest absolute Gasteiger partial charge is 0.355 e. The molecule has 0 fully saturated rings. The number of amides is 1. The Morgan fingerprint density at radius 1 is 1.44 bits per heavy atom. The van der Waals surface area contributed by atoms with Crippen molar-refractivity contribution in [3.8, 4) is 5.69 Å². The number of aryl methyl sites for hydroxylation is 1. The van der Waals surface area contributed by atoms with E-state index in [9.17, 15) is 4.79 Å². The number of hydrogen-bond donors (Lipinski definition) is 1. The average Bonchev–Trinajstić information content (AvgIpc) is 3.26. The van der Waals surface area contributed by atoms with E-state index in [1.54, 1.807) is 21.5 Å². The van der Waals surface area contributed by atoms with Crippen molar-refractivity contribution in [3.05, 3.63) is 46.4 Å². The Labute approximate surface area is 153 Å². The summed E-state index contributed by atoms with van der Waals surface area (Å²) >= 11 is 2.89. The first-order chi connectivity index (χ1) is 12.1. The minimum absolute atomic E-state index is 0.0426. The van der Waals surface area contributed by atoms with Crippen LogP contribution in [0, 0.1) is 6.92 Å². The summed E-state index contributed by atoms with van der Waals surface area (Å²) in [5.74, 6) is -0.0426. The SMILES string of the molecule is Cc1cccc(-n2nnnc2SC(C)C(=O)NCCc2cscn2)c1. The molecule has 1 atom stereocenters. The summed E-state index contributed by atoms with van der Waals surface area (Å²) in [6.45, 7) is 4.42. The van der Waals surface area contributed by atoms with E-state index in [1.165, 1.54) is 11.8 Å². The van der Waals surface area contributed by atoms with E-state index in [-0.39, 0.29) is 11.2 Å². The van der Waals surface area contributed by atoms with Gasteiger partial charge in [0.15, 0.2) is 0 Å². The summed E-state index contributed by atoms with van der Waals surface area (Å²) in [6, 6.07) is 7.90. The van der Waals surface area contributed by atoms with Gasteiger partial charge >= 0.3 is 0 Å². The summed E-state index contributed by atoms with van der Waals surface area (Å²) in [7, 11) is 0. The third kappa shape index (κ3) is 4.64. The summed E-state index contributed by atoms with van der Waals surface area (Å²) in [6.07, 6.45) is 0.730. The highest BCUT2D eigenvalue weighted by molar-refractivity contribution is 8.00.